The van der Waals surface area contributed by atoms with Gasteiger partial charge in [-0.05, 0) is 12.1 Å². The summed E-state index contributed by atoms with van der Waals surface area (Å²) in [6.07, 6.45) is 1.55. The van der Waals surface area contributed by atoms with E-state index in [4.69, 9.17) is 4.42 Å². The molecular weight excluding hydrogens is 310 g/mol. The van der Waals surface area contributed by atoms with Gasteiger partial charge < -0.3 is 4.42 Å². The topological polar surface area (TPSA) is 80.5 Å². The van der Waals surface area contributed by atoms with Crippen molar-refractivity contribution in [3.63, 3.8) is 0 Å². The van der Waals surface area contributed by atoms with E-state index in [-0.39, 0.29) is 5.69 Å². The van der Waals surface area contributed by atoms with Crippen LogP contribution in [0.1, 0.15) is 5.69 Å². The van der Waals surface area contributed by atoms with E-state index in [0.29, 0.717) is 16.6 Å². The van der Waals surface area contributed by atoms with Gasteiger partial charge in [-0.1, -0.05) is 35.5 Å². The SMILES string of the molecule is N#Cc1nnn(-c2nc(-c3ccccc3)cs2)c1-c1ccco1. The number of nitrogens with zero attached hydrogens (tertiary/aromatic N) is 5. The molecule has 0 unspecified atom stereocenters. The molecule has 0 aliphatic rings. The molecule has 3 aromatic heterocycles. The molecule has 4 rings (SSSR count). The highest BCUT2D eigenvalue weighted by molar-refractivity contribution is 7.12. The van der Waals surface area contributed by atoms with Gasteiger partial charge in [0, 0.05) is 10.9 Å². The first kappa shape index (κ1) is 13.4. The lowest BCUT2D eigenvalue weighted by Crippen LogP contribution is -1.98. The van der Waals surface area contributed by atoms with Gasteiger partial charge in [-0.2, -0.15) is 9.94 Å². The zero-order chi connectivity index (χ0) is 15.6. The Labute approximate surface area is 135 Å². The van der Waals surface area contributed by atoms with Crippen LogP contribution in [0.3, 0.4) is 0 Å². The molecule has 0 atom stereocenters. The summed E-state index contributed by atoms with van der Waals surface area (Å²) in [5.41, 5.74) is 2.59. The van der Waals surface area contributed by atoms with Crippen molar-refractivity contribution in [2.75, 3.05) is 0 Å². The largest absolute Gasteiger partial charge is 0.463 e. The molecule has 0 bridgehead atoms. The molecule has 0 aliphatic heterocycles. The van der Waals surface area contributed by atoms with E-state index in [0.717, 1.165) is 11.3 Å². The molecule has 4 aromatic rings. The second-order valence-electron chi connectivity index (χ2n) is 4.67. The van der Waals surface area contributed by atoms with E-state index in [1.807, 2.05) is 41.8 Å². The van der Waals surface area contributed by atoms with Crippen LogP contribution in [0.4, 0.5) is 0 Å². The van der Waals surface area contributed by atoms with Gasteiger partial charge in [0.2, 0.25) is 5.13 Å². The molecule has 6 nitrogen and oxygen atoms in total. The van der Waals surface area contributed by atoms with E-state index < -0.39 is 0 Å². The molecule has 1 aromatic carbocycles. The lowest BCUT2D eigenvalue weighted by atomic mass is 10.2. The van der Waals surface area contributed by atoms with Crippen LogP contribution < -0.4 is 0 Å². The number of hydrogen-bond donors (Lipinski definition) is 0. The summed E-state index contributed by atoms with van der Waals surface area (Å²) in [6, 6.07) is 15.4. The van der Waals surface area contributed by atoms with Crippen LogP contribution in [0.25, 0.3) is 27.8 Å². The zero-order valence-corrected chi connectivity index (χ0v) is 12.6. The summed E-state index contributed by atoms with van der Waals surface area (Å²) in [6.45, 7) is 0. The van der Waals surface area contributed by atoms with Crippen LogP contribution >= 0.6 is 11.3 Å². The van der Waals surface area contributed by atoms with Crippen molar-refractivity contribution < 1.29 is 4.42 Å². The van der Waals surface area contributed by atoms with Crippen LogP contribution in [-0.2, 0) is 0 Å². The van der Waals surface area contributed by atoms with Gasteiger partial charge >= 0.3 is 0 Å². The van der Waals surface area contributed by atoms with Gasteiger partial charge in [-0.15, -0.1) is 16.4 Å². The third kappa shape index (κ3) is 2.31. The molecular formula is C16H9N5OS. The van der Waals surface area contributed by atoms with E-state index in [2.05, 4.69) is 15.3 Å². The number of hydrogen-bond acceptors (Lipinski definition) is 6. The highest BCUT2D eigenvalue weighted by Crippen LogP contribution is 2.29. The summed E-state index contributed by atoms with van der Waals surface area (Å²) < 4.78 is 6.94. The maximum atomic E-state index is 9.24. The first-order valence-electron chi connectivity index (χ1n) is 6.78. The Morgan fingerprint density at radius 2 is 2.00 bits per heavy atom. The molecule has 0 aliphatic carbocycles. The fraction of sp³-hybridized carbons (Fsp3) is 0. The van der Waals surface area contributed by atoms with Gasteiger partial charge in [-0.25, -0.2) is 4.98 Å². The molecule has 110 valence electrons. The van der Waals surface area contributed by atoms with Crippen molar-refractivity contribution in [3.05, 3.63) is 59.8 Å². The minimum atomic E-state index is 0.205. The third-order valence-electron chi connectivity index (χ3n) is 3.27. The molecule has 0 saturated carbocycles. The normalized spacial score (nSPS) is 10.6. The minimum absolute atomic E-state index is 0.205. The molecule has 0 fully saturated rings. The van der Waals surface area contributed by atoms with Crippen LogP contribution in [0.15, 0.2) is 58.5 Å². The zero-order valence-electron chi connectivity index (χ0n) is 11.7. The Hall–Kier alpha value is -3.24. The Morgan fingerprint density at radius 3 is 2.74 bits per heavy atom. The Kier molecular flexibility index (Phi) is 3.22. The molecule has 0 spiro atoms. The Morgan fingerprint density at radius 1 is 1.13 bits per heavy atom. The van der Waals surface area contributed by atoms with Crippen molar-refractivity contribution in [2.45, 2.75) is 0 Å². The van der Waals surface area contributed by atoms with Crippen LogP contribution in [0.2, 0.25) is 0 Å². The number of thiazole rings is 1. The fourth-order valence-electron chi connectivity index (χ4n) is 2.23. The molecule has 3 heterocycles. The summed E-state index contributed by atoms with van der Waals surface area (Å²) >= 11 is 1.43. The van der Waals surface area contributed by atoms with E-state index in [1.54, 1.807) is 18.4 Å². The highest BCUT2D eigenvalue weighted by Gasteiger charge is 2.20. The first-order valence-corrected chi connectivity index (χ1v) is 7.66. The second-order valence-corrected chi connectivity index (χ2v) is 5.51. The molecule has 23 heavy (non-hydrogen) atoms. The quantitative estimate of drug-likeness (QED) is 0.577. The van der Waals surface area contributed by atoms with E-state index >= 15 is 0 Å². The first-order chi connectivity index (χ1) is 11.4. The van der Waals surface area contributed by atoms with Crippen LogP contribution in [0.5, 0.6) is 0 Å². The smallest absolute Gasteiger partial charge is 0.213 e. The van der Waals surface area contributed by atoms with Gasteiger partial charge in [0.05, 0.1) is 12.0 Å². The van der Waals surface area contributed by atoms with Crippen molar-refractivity contribution in [1.29, 1.82) is 5.26 Å². The second kappa shape index (κ2) is 5.51. The minimum Gasteiger partial charge on any atom is -0.463 e. The number of nitriles is 1. The highest BCUT2D eigenvalue weighted by atomic mass is 32.1. The monoisotopic (exact) mass is 319 g/mol. The van der Waals surface area contributed by atoms with Crippen molar-refractivity contribution >= 4 is 11.3 Å². The van der Waals surface area contributed by atoms with Gasteiger partial charge in [0.15, 0.2) is 17.1 Å². The number of rotatable bonds is 3. The standard InChI is InChI=1S/C16H9N5OS/c17-9-12-15(14-7-4-8-22-14)21(20-19-12)16-18-13(10-23-16)11-5-2-1-3-6-11/h1-8,10H. The average molecular weight is 319 g/mol. The lowest BCUT2D eigenvalue weighted by molar-refractivity contribution is 0.576. The summed E-state index contributed by atoms with van der Waals surface area (Å²) in [5, 5.41) is 19.8. The average Bonchev–Trinajstić information content (AvgIpc) is 3.33. The molecule has 0 N–H and O–H groups in total. The molecule has 0 radical (unpaired) electrons. The third-order valence-corrected chi connectivity index (χ3v) is 4.09. The number of furan rings is 1. The lowest BCUT2D eigenvalue weighted by Gasteiger charge is -2.00. The summed E-state index contributed by atoms with van der Waals surface area (Å²) in [4.78, 5) is 4.60. The fourth-order valence-corrected chi connectivity index (χ4v) is 3.01. The molecule has 0 saturated heterocycles. The summed E-state index contributed by atoms with van der Waals surface area (Å²) in [7, 11) is 0. The van der Waals surface area contributed by atoms with Gasteiger partial charge in [-0.3, -0.25) is 0 Å². The predicted octanol–water partition coefficient (Wildman–Crippen LogP) is 3.52. The Bertz CT molecular complexity index is 979. The van der Waals surface area contributed by atoms with Gasteiger partial charge in [0.25, 0.3) is 0 Å². The molecule has 0 amide bonds. The maximum Gasteiger partial charge on any atom is 0.213 e. The van der Waals surface area contributed by atoms with Crippen molar-refractivity contribution in [3.8, 4) is 33.9 Å². The maximum absolute atomic E-state index is 9.24. The molecule has 7 heteroatoms. The van der Waals surface area contributed by atoms with E-state index in [9.17, 15) is 5.26 Å². The van der Waals surface area contributed by atoms with E-state index in [1.165, 1.54) is 16.0 Å². The van der Waals surface area contributed by atoms with Crippen molar-refractivity contribution in [2.24, 2.45) is 0 Å². The number of benzene rings is 1. The van der Waals surface area contributed by atoms with Crippen LogP contribution in [0, 0.1) is 11.3 Å². The number of aromatic nitrogens is 4. The summed E-state index contributed by atoms with van der Waals surface area (Å²) in [5.74, 6) is 0.531. The predicted molar refractivity (Wildman–Crippen MR) is 84.9 cm³/mol. The van der Waals surface area contributed by atoms with Gasteiger partial charge in [0.1, 0.15) is 6.07 Å². The Balaban J connectivity index is 1.83. The van der Waals surface area contributed by atoms with Crippen molar-refractivity contribution in [1.82, 2.24) is 20.0 Å². The van der Waals surface area contributed by atoms with Crippen LogP contribution in [-0.4, -0.2) is 20.0 Å².